The number of rotatable bonds is 10. The van der Waals surface area contributed by atoms with Crippen molar-refractivity contribution in [1.82, 2.24) is 15.0 Å². The molecule has 0 atom stereocenters. The summed E-state index contributed by atoms with van der Waals surface area (Å²) in [6, 6.07) is 8.49. The Morgan fingerprint density at radius 3 is 2.57 bits per heavy atom. The van der Waals surface area contributed by atoms with Crippen LogP contribution in [0.5, 0.6) is 5.75 Å². The van der Waals surface area contributed by atoms with Gasteiger partial charge in [0.15, 0.2) is 0 Å². The molecule has 3 aromatic rings. The molecule has 198 valence electrons. The highest BCUT2D eigenvalue weighted by atomic mass is 32.2. The molecule has 0 unspecified atom stereocenters. The fourth-order valence-electron chi connectivity index (χ4n) is 3.33. The molecule has 8 nitrogen and oxygen atoms in total. The molecule has 0 aliphatic rings. The van der Waals surface area contributed by atoms with E-state index in [9.17, 15) is 30.8 Å². The number of amides is 1. The lowest BCUT2D eigenvalue weighted by atomic mass is 10.0. The van der Waals surface area contributed by atoms with Crippen molar-refractivity contribution in [1.29, 1.82) is 0 Å². The van der Waals surface area contributed by atoms with Crippen LogP contribution in [0.15, 0.2) is 59.8 Å². The maximum absolute atomic E-state index is 13.6. The maximum atomic E-state index is 13.6. The van der Waals surface area contributed by atoms with Crippen molar-refractivity contribution >= 4 is 27.9 Å². The standard InChI is InChI=1S/C23H22F4N4O4S2/c1-35-21-11-17(24)2-3-20(21)19-4-5-29-12-15(19)13-30-22(32)14-8-16(23(25,26)27)10-18(9-14)36-7-6-31-37(28,33)34/h2-5,8-12,31H,6-7,13H2,1H3,(H,30,32)(H2,28,33,34). The number of hydrogen-bond acceptors (Lipinski definition) is 6. The highest BCUT2D eigenvalue weighted by Crippen LogP contribution is 2.34. The number of carbonyl (C=O) groups is 1. The largest absolute Gasteiger partial charge is 0.496 e. The molecular weight excluding hydrogens is 536 g/mol. The lowest BCUT2D eigenvalue weighted by Gasteiger charge is -2.15. The molecule has 4 N–H and O–H groups in total. The molecular formula is C23H22F4N4O4S2. The van der Waals surface area contributed by atoms with Crippen LogP contribution in [0.3, 0.4) is 0 Å². The number of aromatic nitrogens is 1. The van der Waals surface area contributed by atoms with Crippen LogP contribution >= 0.6 is 11.8 Å². The third-order valence-electron chi connectivity index (χ3n) is 4.97. The quantitative estimate of drug-likeness (QED) is 0.198. The Balaban J connectivity index is 1.81. The zero-order chi connectivity index (χ0) is 27.2. The van der Waals surface area contributed by atoms with Crippen LogP contribution in [0.25, 0.3) is 11.1 Å². The summed E-state index contributed by atoms with van der Waals surface area (Å²) in [4.78, 5) is 17.0. The van der Waals surface area contributed by atoms with Crippen molar-refractivity contribution in [2.24, 2.45) is 5.14 Å². The SMILES string of the molecule is COc1cc(F)ccc1-c1ccncc1CNC(=O)c1cc(SCCNS(N)(=O)=O)cc(C(F)(F)F)c1. The van der Waals surface area contributed by atoms with Crippen LogP contribution in [0, 0.1) is 5.82 Å². The monoisotopic (exact) mass is 558 g/mol. The minimum atomic E-state index is -4.71. The number of nitrogens with zero attached hydrogens (tertiary/aromatic N) is 1. The number of alkyl halides is 3. The van der Waals surface area contributed by atoms with Crippen LogP contribution in [-0.4, -0.2) is 38.7 Å². The van der Waals surface area contributed by atoms with E-state index in [0.717, 1.165) is 23.9 Å². The molecule has 0 fully saturated rings. The second kappa shape index (κ2) is 11.9. The number of ether oxygens (including phenoxy) is 1. The molecule has 0 aliphatic heterocycles. The normalized spacial score (nSPS) is 11.8. The maximum Gasteiger partial charge on any atom is 0.416 e. The summed E-state index contributed by atoms with van der Waals surface area (Å²) in [6.07, 6.45) is -1.73. The second-order valence-corrected chi connectivity index (χ2v) is 10.1. The molecule has 1 heterocycles. The third-order valence-corrected chi connectivity index (χ3v) is 6.55. The number of thioether (sulfide) groups is 1. The summed E-state index contributed by atoms with van der Waals surface area (Å²) in [5, 5.41) is 7.42. The topological polar surface area (TPSA) is 123 Å². The molecule has 37 heavy (non-hydrogen) atoms. The number of nitrogens with two attached hydrogens (primary N) is 1. The number of nitrogens with one attached hydrogen (secondary N) is 2. The molecule has 0 radical (unpaired) electrons. The Kier molecular flexibility index (Phi) is 9.12. The fraction of sp³-hybridized carbons (Fsp3) is 0.217. The number of halogens is 4. The van der Waals surface area contributed by atoms with Crippen LogP contribution in [0.4, 0.5) is 17.6 Å². The first-order valence-corrected chi connectivity index (χ1v) is 13.1. The van der Waals surface area contributed by atoms with Crippen molar-refractivity contribution in [2.75, 3.05) is 19.4 Å². The predicted octanol–water partition coefficient (Wildman–Crippen LogP) is 3.73. The molecule has 1 aromatic heterocycles. The molecule has 0 spiro atoms. The van der Waals surface area contributed by atoms with Gasteiger partial charge >= 0.3 is 6.18 Å². The van der Waals surface area contributed by atoms with Gasteiger partial charge in [-0.3, -0.25) is 9.78 Å². The molecule has 2 aromatic carbocycles. The van der Waals surface area contributed by atoms with Gasteiger partial charge in [0, 0.05) is 53.3 Å². The van der Waals surface area contributed by atoms with Gasteiger partial charge in [0.2, 0.25) is 0 Å². The number of carbonyl (C=O) groups excluding carboxylic acids is 1. The molecule has 3 rings (SSSR count). The van der Waals surface area contributed by atoms with Gasteiger partial charge in [0.25, 0.3) is 16.1 Å². The number of methoxy groups -OCH3 is 1. The predicted molar refractivity (Wildman–Crippen MR) is 131 cm³/mol. The van der Waals surface area contributed by atoms with Crippen molar-refractivity contribution in [3.63, 3.8) is 0 Å². The van der Waals surface area contributed by atoms with Crippen molar-refractivity contribution in [3.05, 3.63) is 77.4 Å². The summed E-state index contributed by atoms with van der Waals surface area (Å²) >= 11 is 0.925. The first-order chi connectivity index (χ1) is 17.4. The van der Waals surface area contributed by atoms with E-state index < -0.39 is 33.7 Å². The minimum absolute atomic E-state index is 0.0807. The smallest absolute Gasteiger partial charge is 0.416 e. The zero-order valence-corrected chi connectivity index (χ0v) is 20.9. The highest BCUT2D eigenvalue weighted by molar-refractivity contribution is 7.99. The van der Waals surface area contributed by atoms with Gasteiger partial charge in [0.05, 0.1) is 12.7 Å². The first kappa shape index (κ1) is 28.4. The van der Waals surface area contributed by atoms with Crippen LogP contribution in [0.1, 0.15) is 21.5 Å². The molecule has 0 bridgehead atoms. The van der Waals surface area contributed by atoms with E-state index in [-0.39, 0.29) is 35.1 Å². The van der Waals surface area contributed by atoms with Crippen molar-refractivity contribution in [2.45, 2.75) is 17.6 Å². The van der Waals surface area contributed by atoms with E-state index in [2.05, 4.69) is 10.3 Å². The van der Waals surface area contributed by atoms with E-state index >= 15 is 0 Å². The molecule has 0 saturated heterocycles. The molecule has 0 aliphatic carbocycles. The minimum Gasteiger partial charge on any atom is -0.496 e. The number of hydrogen-bond donors (Lipinski definition) is 3. The summed E-state index contributed by atoms with van der Waals surface area (Å²) in [7, 11) is -2.55. The Bertz CT molecular complexity index is 1390. The Labute approximate surface area is 214 Å². The van der Waals surface area contributed by atoms with Crippen LogP contribution in [0.2, 0.25) is 0 Å². The van der Waals surface area contributed by atoms with Crippen molar-refractivity contribution in [3.8, 4) is 16.9 Å². The average molecular weight is 559 g/mol. The fourth-order valence-corrected chi connectivity index (χ4v) is 4.70. The number of pyridine rings is 1. The van der Waals surface area contributed by atoms with Crippen LogP contribution in [-0.2, 0) is 22.9 Å². The van der Waals surface area contributed by atoms with Crippen LogP contribution < -0.4 is 19.9 Å². The third kappa shape index (κ3) is 8.15. The first-order valence-electron chi connectivity index (χ1n) is 10.5. The summed E-state index contributed by atoms with van der Waals surface area (Å²) in [5.74, 6) is -0.924. The Hall–Kier alpha value is -3.20. The van der Waals surface area contributed by atoms with Gasteiger partial charge in [0.1, 0.15) is 11.6 Å². The van der Waals surface area contributed by atoms with E-state index in [4.69, 9.17) is 9.88 Å². The summed E-state index contributed by atoms with van der Waals surface area (Å²) in [6.45, 7) is -0.197. The zero-order valence-electron chi connectivity index (χ0n) is 19.3. The second-order valence-electron chi connectivity index (χ2n) is 7.59. The van der Waals surface area contributed by atoms with E-state index in [1.807, 2.05) is 4.72 Å². The average Bonchev–Trinajstić information content (AvgIpc) is 2.84. The van der Waals surface area contributed by atoms with Gasteiger partial charge in [-0.05, 0) is 47.5 Å². The Morgan fingerprint density at radius 1 is 1.14 bits per heavy atom. The van der Waals surface area contributed by atoms with Gasteiger partial charge in [-0.15, -0.1) is 11.8 Å². The molecule has 0 saturated carbocycles. The van der Waals surface area contributed by atoms with E-state index in [1.54, 1.807) is 6.07 Å². The lowest BCUT2D eigenvalue weighted by Crippen LogP contribution is -2.32. The van der Waals surface area contributed by atoms with Gasteiger partial charge in [-0.2, -0.15) is 21.6 Å². The van der Waals surface area contributed by atoms with Gasteiger partial charge in [-0.25, -0.2) is 14.3 Å². The molecule has 14 heteroatoms. The van der Waals surface area contributed by atoms with E-state index in [0.29, 0.717) is 16.7 Å². The number of benzene rings is 2. The lowest BCUT2D eigenvalue weighted by molar-refractivity contribution is -0.137. The van der Waals surface area contributed by atoms with Gasteiger partial charge in [-0.1, -0.05) is 0 Å². The van der Waals surface area contributed by atoms with Gasteiger partial charge < -0.3 is 10.1 Å². The summed E-state index contributed by atoms with van der Waals surface area (Å²) < 4.78 is 83.2. The summed E-state index contributed by atoms with van der Waals surface area (Å²) in [5.41, 5.74) is 0.398. The molecule has 1 amide bonds. The highest BCUT2D eigenvalue weighted by Gasteiger charge is 2.32. The van der Waals surface area contributed by atoms with Crippen molar-refractivity contribution < 1.29 is 35.5 Å². The Morgan fingerprint density at radius 2 is 1.89 bits per heavy atom. The van der Waals surface area contributed by atoms with E-state index in [1.165, 1.54) is 43.8 Å².